The normalized spacial score (nSPS) is 25.1. The summed E-state index contributed by atoms with van der Waals surface area (Å²) in [7, 11) is 0. The van der Waals surface area contributed by atoms with Gasteiger partial charge in [0.1, 0.15) is 5.82 Å². The minimum absolute atomic E-state index is 0.351. The standard InChI is InChI=1S/C24H25F3/c1-2-15-3-5-16(6-4-15)17-7-8-18-12-21(23(26)14-20(18)11-17)19-9-10-22(25)24(27)13-19/h2,9-10,12-17H,1,3-8,11H2. The second-order valence-corrected chi connectivity index (χ2v) is 8.14. The second kappa shape index (κ2) is 7.53. The number of fused-ring (bicyclic) bond motifs is 1. The first kappa shape index (κ1) is 18.3. The molecule has 0 bridgehead atoms. The molecule has 4 rings (SSSR count). The van der Waals surface area contributed by atoms with Crippen LogP contribution in [0.2, 0.25) is 0 Å². The molecule has 2 aliphatic rings. The lowest BCUT2D eigenvalue weighted by Gasteiger charge is -2.36. The molecule has 1 atom stereocenters. The Balaban J connectivity index is 1.54. The first-order chi connectivity index (χ1) is 13.0. The fraction of sp³-hybridized carbons (Fsp3) is 0.417. The number of halogens is 3. The van der Waals surface area contributed by atoms with E-state index in [2.05, 4.69) is 12.7 Å². The molecule has 0 aromatic heterocycles. The van der Waals surface area contributed by atoms with Gasteiger partial charge in [0.15, 0.2) is 11.6 Å². The Morgan fingerprint density at radius 2 is 1.56 bits per heavy atom. The Morgan fingerprint density at radius 1 is 0.778 bits per heavy atom. The fourth-order valence-electron chi connectivity index (χ4n) is 4.95. The molecule has 1 saturated carbocycles. The number of hydrogen-bond acceptors (Lipinski definition) is 0. The van der Waals surface area contributed by atoms with Gasteiger partial charge in [0.25, 0.3) is 0 Å². The van der Waals surface area contributed by atoms with E-state index in [1.54, 1.807) is 6.07 Å². The molecule has 0 heterocycles. The van der Waals surface area contributed by atoms with Gasteiger partial charge in [-0.25, -0.2) is 13.2 Å². The summed E-state index contributed by atoms with van der Waals surface area (Å²) >= 11 is 0. The zero-order valence-electron chi connectivity index (χ0n) is 15.5. The number of benzene rings is 2. The molecule has 3 heteroatoms. The number of aryl methyl sites for hydroxylation is 1. The average molecular weight is 370 g/mol. The quantitative estimate of drug-likeness (QED) is 0.517. The smallest absolute Gasteiger partial charge is 0.159 e. The van der Waals surface area contributed by atoms with Crippen molar-refractivity contribution in [1.29, 1.82) is 0 Å². The van der Waals surface area contributed by atoms with Gasteiger partial charge in [-0.1, -0.05) is 12.1 Å². The highest BCUT2D eigenvalue weighted by atomic mass is 19.2. The van der Waals surface area contributed by atoms with Crippen LogP contribution in [0.3, 0.4) is 0 Å². The van der Waals surface area contributed by atoms with Crippen LogP contribution in [0.1, 0.15) is 43.2 Å². The molecule has 0 amide bonds. The van der Waals surface area contributed by atoms with Crippen LogP contribution in [-0.4, -0.2) is 0 Å². The minimum atomic E-state index is -0.945. The summed E-state index contributed by atoms with van der Waals surface area (Å²) in [4.78, 5) is 0. The molecule has 0 N–H and O–H groups in total. The summed E-state index contributed by atoms with van der Waals surface area (Å²) < 4.78 is 41.5. The van der Waals surface area contributed by atoms with Crippen LogP contribution in [0.4, 0.5) is 13.2 Å². The summed E-state index contributed by atoms with van der Waals surface area (Å²) in [5, 5.41) is 0. The Bertz CT molecular complexity index is 847. The van der Waals surface area contributed by atoms with Crippen molar-refractivity contribution in [1.82, 2.24) is 0 Å². The van der Waals surface area contributed by atoms with Crippen LogP contribution in [0.25, 0.3) is 11.1 Å². The fourth-order valence-corrected chi connectivity index (χ4v) is 4.95. The second-order valence-electron chi connectivity index (χ2n) is 8.14. The van der Waals surface area contributed by atoms with Gasteiger partial charge in [-0.3, -0.25) is 0 Å². The highest BCUT2D eigenvalue weighted by molar-refractivity contribution is 5.66. The van der Waals surface area contributed by atoms with Crippen molar-refractivity contribution in [2.75, 3.05) is 0 Å². The lowest BCUT2D eigenvalue weighted by Crippen LogP contribution is -2.26. The van der Waals surface area contributed by atoms with E-state index < -0.39 is 11.6 Å². The van der Waals surface area contributed by atoms with Crippen molar-refractivity contribution >= 4 is 0 Å². The Hall–Kier alpha value is -2.03. The van der Waals surface area contributed by atoms with Crippen LogP contribution in [0.15, 0.2) is 43.0 Å². The topological polar surface area (TPSA) is 0 Å². The van der Waals surface area contributed by atoms with Gasteiger partial charge in [0, 0.05) is 5.56 Å². The third-order valence-corrected chi connectivity index (χ3v) is 6.60. The Labute approximate surface area is 159 Å². The molecule has 1 fully saturated rings. The molecule has 2 aromatic carbocycles. The van der Waals surface area contributed by atoms with E-state index in [0.29, 0.717) is 23.0 Å². The maximum atomic E-state index is 14.7. The van der Waals surface area contributed by atoms with E-state index in [9.17, 15) is 13.2 Å². The predicted octanol–water partition coefficient (Wildman–Crippen LogP) is 6.87. The van der Waals surface area contributed by atoms with E-state index >= 15 is 0 Å². The van der Waals surface area contributed by atoms with Gasteiger partial charge in [0.05, 0.1) is 0 Å². The lowest BCUT2D eigenvalue weighted by molar-refractivity contribution is 0.206. The summed E-state index contributed by atoms with van der Waals surface area (Å²) in [5.74, 6) is -0.199. The molecule has 0 radical (unpaired) electrons. The molecule has 0 saturated heterocycles. The van der Waals surface area contributed by atoms with E-state index in [0.717, 1.165) is 48.4 Å². The monoisotopic (exact) mass is 370 g/mol. The van der Waals surface area contributed by atoms with Crippen LogP contribution in [0.5, 0.6) is 0 Å². The van der Waals surface area contributed by atoms with Crippen molar-refractivity contribution in [2.24, 2.45) is 17.8 Å². The maximum absolute atomic E-state index is 14.7. The molecule has 1 unspecified atom stereocenters. The molecule has 0 nitrogen and oxygen atoms in total. The predicted molar refractivity (Wildman–Crippen MR) is 103 cm³/mol. The molecule has 2 aromatic rings. The maximum Gasteiger partial charge on any atom is 0.159 e. The van der Waals surface area contributed by atoms with E-state index in [-0.39, 0.29) is 5.82 Å². The first-order valence-electron chi connectivity index (χ1n) is 9.94. The van der Waals surface area contributed by atoms with Gasteiger partial charge >= 0.3 is 0 Å². The summed E-state index contributed by atoms with van der Waals surface area (Å²) in [6, 6.07) is 7.02. The Morgan fingerprint density at radius 3 is 2.26 bits per heavy atom. The third kappa shape index (κ3) is 3.69. The largest absolute Gasteiger partial charge is 0.206 e. The van der Waals surface area contributed by atoms with Gasteiger partial charge < -0.3 is 0 Å². The van der Waals surface area contributed by atoms with Gasteiger partial charge in [0.2, 0.25) is 0 Å². The zero-order chi connectivity index (χ0) is 19.0. The third-order valence-electron chi connectivity index (χ3n) is 6.60. The summed E-state index contributed by atoms with van der Waals surface area (Å²) in [6.07, 6.45) is 9.99. The molecule has 0 aliphatic heterocycles. The van der Waals surface area contributed by atoms with Crippen LogP contribution in [-0.2, 0) is 12.8 Å². The van der Waals surface area contributed by atoms with Crippen molar-refractivity contribution in [3.05, 3.63) is 71.6 Å². The molecule has 2 aliphatic carbocycles. The average Bonchev–Trinajstić information content (AvgIpc) is 2.69. The SMILES string of the molecule is C=CC1CCC(C2CCc3cc(-c4ccc(F)c(F)c4)c(F)cc3C2)CC1. The lowest BCUT2D eigenvalue weighted by atomic mass is 9.69. The minimum Gasteiger partial charge on any atom is -0.206 e. The van der Waals surface area contributed by atoms with Crippen molar-refractivity contribution in [3.63, 3.8) is 0 Å². The van der Waals surface area contributed by atoms with Gasteiger partial charge in [-0.15, -0.1) is 6.58 Å². The molecular weight excluding hydrogens is 345 g/mol. The van der Waals surface area contributed by atoms with Crippen molar-refractivity contribution in [2.45, 2.75) is 44.9 Å². The number of rotatable bonds is 3. The van der Waals surface area contributed by atoms with E-state index in [4.69, 9.17) is 0 Å². The molecule has 0 spiro atoms. The Kier molecular flexibility index (Phi) is 5.12. The first-order valence-corrected chi connectivity index (χ1v) is 9.94. The molecular formula is C24H25F3. The zero-order valence-corrected chi connectivity index (χ0v) is 15.5. The number of allylic oxidation sites excluding steroid dienone is 1. The molecule has 27 heavy (non-hydrogen) atoms. The highest BCUT2D eigenvalue weighted by Crippen LogP contribution is 2.41. The van der Waals surface area contributed by atoms with Crippen LogP contribution >= 0.6 is 0 Å². The van der Waals surface area contributed by atoms with E-state index in [1.165, 1.54) is 31.7 Å². The highest BCUT2D eigenvalue weighted by Gasteiger charge is 2.30. The summed E-state index contributed by atoms with van der Waals surface area (Å²) in [5.41, 5.74) is 2.98. The number of hydrogen-bond donors (Lipinski definition) is 0. The summed E-state index contributed by atoms with van der Waals surface area (Å²) in [6.45, 7) is 3.92. The van der Waals surface area contributed by atoms with Gasteiger partial charge in [-0.05, 0) is 104 Å². The molecule has 142 valence electrons. The van der Waals surface area contributed by atoms with Crippen molar-refractivity contribution in [3.8, 4) is 11.1 Å². The van der Waals surface area contributed by atoms with Gasteiger partial charge in [-0.2, -0.15) is 0 Å². The van der Waals surface area contributed by atoms with E-state index in [1.807, 2.05) is 6.07 Å². The van der Waals surface area contributed by atoms with Crippen LogP contribution < -0.4 is 0 Å². The van der Waals surface area contributed by atoms with Crippen LogP contribution in [0, 0.1) is 35.2 Å². The van der Waals surface area contributed by atoms with Crippen molar-refractivity contribution < 1.29 is 13.2 Å².